The zero-order chi connectivity index (χ0) is 14.0. The van der Waals surface area contributed by atoms with Gasteiger partial charge in [0.05, 0.1) is 17.4 Å². The third kappa shape index (κ3) is 3.05. The second kappa shape index (κ2) is 5.31. The largest absolute Gasteiger partial charge is 0.383 e. The van der Waals surface area contributed by atoms with Crippen LogP contribution in [0.15, 0.2) is 34.9 Å². The quantitative estimate of drug-likeness (QED) is 0.891. The van der Waals surface area contributed by atoms with Gasteiger partial charge in [0.1, 0.15) is 17.5 Å². The number of nitrogen functional groups attached to an aromatic ring is 1. The predicted octanol–water partition coefficient (Wildman–Crippen LogP) is 2.96. The molecule has 0 atom stereocenters. The minimum Gasteiger partial charge on any atom is -0.383 e. The van der Waals surface area contributed by atoms with Crippen molar-refractivity contribution in [3.05, 3.63) is 52.1 Å². The number of rotatable bonds is 2. The van der Waals surface area contributed by atoms with E-state index < -0.39 is 17.5 Å². The van der Waals surface area contributed by atoms with Crippen LogP contribution < -0.4 is 11.1 Å². The van der Waals surface area contributed by atoms with Gasteiger partial charge in [0, 0.05) is 4.47 Å². The average Bonchev–Trinajstić information content (AvgIpc) is 2.36. The van der Waals surface area contributed by atoms with E-state index in [9.17, 15) is 13.6 Å². The Kier molecular flexibility index (Phi) is 3.75. The van der Waals surface area contributed by atoms with E-state index in [4.69, 9.17) is 5.73 Å². The molecule has 1 aromatic carbocycles. The van der Waals surface area contributed by atoms with Gasteiger partial charge in [0.25, 0.3) is 5.91 Å². The number of anilines is 2. The number of pyridine rings is 1. The summed E-state index contributed by atoms with van der Waals surface area (Å²) in [6, 6.07) is 4.77. The van der Waals surface area contributed by atoms with Crippen LogP contribution >= 0.6 is 15.9 Å². The topological polar surface area (TPSA) is 68.0 Å². The van der Waals surface area contributed by atoms with Crippen LogP contribution in [0.3, 0.4) is 0 Å². The molecule has 1 amide bonds. The van der Waals surface area contributed by atoms with Crippen LogP contribution in [0.4, 0.5) is 20.3 Å². The van der Waals surface area contributed by atoms with Crippen molar-refractivity contribution in [2.45, 2.75) is 0 Å². The molecule has 2 rings (SSSR count). The molecule has 1 aromatic heterocycles. The fraction of sp³-hybridized carbons (Fsp3) is 0. The smallest absolute Gasteiger partial charge is 0.259 e. The summed E-state index contributed by atoms with van der Waals surface area (Å²) in [5, 5.41) is 2.42. The van der Waals surface area contributed by atoms with Crippen molar-refractivity contribution in [1.82, 2.24) is 4.98 Å². The highest BCUT2D eigenvalue weighted by Crippen LogP contribution is 2.24. The molecule has 1 heterocycles. The van der Waals surface area contributed by atoms with Crippen LogP contribution in [-0.2, 0) is 0 Å². The van der Waals surface area contributed by atoms with Crippen LogP contribution in [0, 0.1) is 11.6 Å². The fourth-order valence-electron chi connectivity index (χ4n) is 1.41. The monoisotopic (exact) mass is 327 g/mol. The number of nitrogens with one attached hydrogen (secondary N) is 1. The molecule has 0 unspecified atom stereocenters. The standard InChI is InChI=1S/C12H8BrF2N3O/c13-9-2-1-6(14)4-10(9)18-12(19)8-3-7(15)5-17-11(8)16/h1-5H,(H2,16,17)(H,18,19). The minimum absolute atomic E-state index is 0.105. The lowest BCUT2D eigenvalue weighted by Gasteiger charge is -2.08. The van der Waals surface area contributed by atoms with Crippen molar-refractivity contribution in [3.63, 3.8) is 0 Å². The van der Waals surface area contributed by atoms with E-state index in [-0.39, 0.29) is 17.1 Å². The molecule has 0 aliphatic rings. The molecule has 3 N–H and O–H groups in total. The van der Waals surface area contributed by atoms with E-state index in [1.807, 2.05) is 0 Å². The lowest BCUT2D eigenvalue weighted by molar-refractivity contribution is 0.102. The highest BCUT2D eigenvalue weighted by atomic mass is 79.9. The van der Waals surface area contributed by atoms with Crippen molar-refractivity contribution in [2.24, 2.45) is 0 Å². The molecule has 7 heteroatoms. The lowest BCUT2D eigenvalue weighted by Crippen LogP contribution is -2.15. The summed E-state index contributed by atoms with van der Waals surface area (Å²) in [4.78, 5) is 15.4. The highest BCUT2D eigenvalue weighted by Gasteiger charge is 2.14. The van der Waals surface area contributed by atoms with E-state index in [1.165, 1.54) is 12.1 Å². The van der Waals surface area contributed by atoms with E-state index >= 15 is 0 Å². The molecule has 98 valence electrons. The number of nitrogens with zero attached hydrogens (tertiary/aromatic N) is 1. The fourth-order valence-corrected chi connectivity index (χ4v) is 1.76. The Hall–Kier alpha value is -2.02. The minimum atomic E-state index is -0.683. The zero-order valence-electron chi connectivity index (χ0n) is 9.45. The van der Waals surface area contributed by atoms with E-state index in [0.717, 1.165) is 18.3 Å². The molecule has 0 bridgehead atoms. The Morgan fingerprint density at radius 1 is 1.26 bits per heavy atom. The van der Waals surface area contributed by atoms with Crippen LogP contribution in [-0.4, -0.2) is 10.9 Å². The number of carbonyl (C=O) groups excluding carboxylic acids is 1. The maximum Gasteiger partial charge on any atom is 0.259 e. The average molecular weight is 328 g/mol. The van der Waals surface area contributed by atoms with E-state index in [2.05, 4.69) is 26.2 Å². The molecular weight excluding hydrogens is 320 g/mol. The van der Waals surface area contributed by atoms with Gasteiger partial charge in [-0.05, 0) is 40.2 Å². The third-order valence-electron chi connectivity index (χ3n) is 2.31. The van der Waals surface area contributed by atoms with Gasteiger partial charge in [-0.1, -0.05) is 0 Å². The summed E-state index contributed by atoms with van der Waals surface area (Å²) in [7, 11) is 0. The molecule has 2 aromatic rings. The summed E-state index contributed by atoms with van der Waals surface area (Å²) in [6.07, 6.45) is 0.907. The van der Waals surface area contributed by atoms with Crippen LogP contribution in [0.1, 0.15) is 10.4 Å². The molecule has 0 aliphatic heterocycles. The number of hydrogen-bond donors (Lipinski definition) is 2. The molecule has 0 aliphatic carbocycles. The number of carbonyl (C=O) groups is 1. The first-order chi connectivity index (χ1) is 8.97. The third-order valence-corrected chi connectivity index (χ3v) is 3.00. The highest BCUT2D eigenvalue weighted by molar-refractivity contribution is 9.10. The molecule has 0 spiro atoms. The molecular formula is C12H8BrF2N3O. The number of nitrogens with two attached hydrogens (primary N) is 1. The van der Waals surface area contributed by atoms with Crippen molar-refractivity contribution in [2.75, 3.05) is 11.1 Å². The summed E-state index contributed by atoms with van der Waals surface area (Å²) in [5.74, 6) is -1.97. The van der Waals surface area contributed by atoms with Gasteiger partial charge < -0.3 is 11.1 Å². The molecule has 0 saturated carbocycles. The Bertz CT molecular complexity index is 649. The number of amides is 1. The van der Waals surface area contributed by atoms with Gasteiger partial charge in [-0.25, -0.2) is 13.8 Å². The van der Waals surface area contributed by atoms with Crippen LogP contribution in [0.5, 0.6) is 0 Å². The summed E-state index contributed by atoms with van der Waals surface area (Å²) >= 11 is 3.16. The van der Waals surface area contributed by atoms with Gasteiger partial charge in [-0.15, -0.1) is 0 Å². The Labute approximate surface area is 115 Å². The normalized spacial score (nSPS) is 10.3. The second-order valence-electron chi connectivity index (χ2n) is 3.66. The van der Waals surface area contributed by atoms with Gasteiger partial charge in [-0.2, -0.15) is 0 Å². The number of benzene rings is 1. The Morgan fingerprint density at radius 2 is 2.00 bits per heavy atom. The van der Waals surface area contributed by atoms with Crippen LogP contribution in [0.2, 0.25) is 0 Å². The van der Waals surface area contributed by atoms with Crippen molar-refractivity contribution in [1.29, 1.82) is 0 Å². The Balaban J connectivity index is 2.30. The summed E-state index contributed by atoms with van der Waals surface area (Å²) in [5.41, 5.74) is 5.59. The van der Waals surface area contributed by atoms with Gasteiger partial charge in [0.15, 0.2) is 0 Å². The Morgan fingerprint density at radius 3 is 2.74 bits per heavy atom. The molecule has 4 nitrogen and oxygen atoms in total. The predicted molar refractivity (Wildman–Crippen MR) is 70.7 cm³/mol. The zero-order valence-corrected chi connectivity index (χ0v) is 11.0. The SMILES string of the molecule is Nc1ncc(F)cc1C(=O)Nc1cc(F)ccc1Br. The second-order valence-corrected chi connectivity index (χ2v) is 4.52. The molecule has 0 saturated heterocycles. The van der Waals surface area contributed by atoms with Gasteiger partial charge in [0.2, 0.25) is 0 Å². The maximum absolute atomic E-state index is 13.1. The summed E-state index contributed by atoms with van der Waals surface area (Å²) in [6.45, 7) is 0. The molecule has 0 fully saturated rings. The maximum atomic E-state index is 13.1. The van der Waals surface area contributed by atoms with Crippen molar-refractivity contribution >= 4 is 33.3 Å². The number of aromatic nitrogens is 1. The van der Waals surface area contributed by atoms with E-state index in [1.54, 1.807) is 0 Å². The first kappa shape index (κ1) is 13.4. The van der Waals surface area contributed by atoms with Gasteiger partial charge >= 0.3 is 0 Å². The van der Waals surface area contributed by atoms with Crippen molar-refractivity contribution in [3.8, 4) is 0 Å². The lowest BCUT2D eigenvalue weighted by atomic mass is 10.2. The molecule has 0 radical (unpaired) electrons. The summed E-state index contributed by atoms with van der Waals surface area (Å²) < 4.78 is 26.6. The van der Waals surface area contributed by atoms with Crippen molar-refractivity contribution < 1.29 is 13.6 Å². The molecule has 19 heavy (non-hydrogen) atoms. The van der Waals surface area contributed by atoms with Crippen LogP contribution in [0.25, 0.3) is 0 Å². The van der Waals surface area contributed by atoms with Gasteiger partial charge in [-0.3, -0.25) is 4.79 Å². The number of hydrogen-bond acceptors (Lipinski definition) is 3. The number of halogens is 3. The van der Waals surface area contributed by atoms with E-state index in [0.29, 0.717) is 4.47 Å². The first-order valence-electron chi connectivity index (χ1n) is 5.15. The first-order valence-corrected chi connectivity index (χ1v) is 5.94.